The topological polar surface area (TPSA) is 28.2 Å². The molecule has 1 heterocycles. The molecule has 0 atom stereocenters. The van der Waals surface area contributed by atoms with Crippen molar-refractivity contribution < 1.29 is 8.78 Å². The van der Waals surface area contributed by atoms with Crippen molar-refractivity contribution >= 4 is 17.3 Å². The van der Waals surface area contributed by atoms with Gasteiger partial charge in [-0.2, -0.15) is 0 Å². The zero-order valence-corrected chi connectivity index (χ0v) is 12.5. The van der Waals surface area contributed by atoms with E-state index in [4.69, 9.17) is 0 Å². The highest BCUT2D eigenvalue weighted by atomic mass is 19.1. The van der Waals surface area contributed by atoms with Gasteiger partial charge in [-0.1, -0.05) is 19.1 Å². The molecule has 21 heavy (non-hydrogen) atoms. The highest BCUT2D eigenvalue weighted by Gasteiger charge is 2.16. The highest BCUT2D eigenvalue weighted by molar-refractivity contribution is 5.62. The molecule has 1 aromatic heterocycles. The largest absolute Gasteiger partial charge is 0.368 e. The van der Waals surface area contributed by atoms with Gasteiger partial charge < -0.3 is 10.2 Å². The maximum atomic E-state index is 14.0. The SMILES string of the molecule is CCCNc1nc(N(C)c2cccc(C)c2)c(F)cc1F. The van der Waals surface area contributed by atoms with Gasteiger partial charge >= 0.3 is 0 Å². The quantitative estimate of drug-likeness (QED) is 0.892. The minimum absolute atomic E-state index is 0.0766. The van der Waals surface area contributed by atoms with Crippen LogP contribution in [0.1, 0.15) is 18.9 Å². The second-order valence-electron chi connectivity index (χ2n) is 4.95. The van der Waals surface area contributed by atoms with Gasteiger partial charge in [-0.25, -0.2) is 13.8 Å². The van der Waals surface area contributed by atoms with E-state index in [9.17, 15) is 8.78 Å². The molecule has 0 aliphatic rings. The summed E-state index contributed by atoms with van der Waals surface area (Å²) in [6.45, 7) is 4.51. The molecule has 5 heteroatoms. The van der Waals surface area contributed by atoms with Crippen LogP contribution in [0.5, 0.6) is 0 Å². The standard InChI is InChI=1S/C16H19F2N3/c1-4-8-19-15-13(17)10-14(18)16(20-15)21(3)12-7-5-6-11(2)9-12/h5-7,9-10H,4,8H2,1-3H3,(H,19,20). The molecule has 0 saturated heterocycles. The molecule has 0 fully saturated rings. The molecule has 0 amide bonds. The molecule has 112 valence electrons. The van der Waals surface area contributed by atoms with E-state index in [1.54, 1.807) is 11.9 Å². The van der Waals surface area contributed by atoms with Gasteiger partial charge in [0, 0.05) is 25.3 Å². The summed E-state index contributed by atoms with van der Waals surface area (Å²) >= 11 is 0. The number of nitrogens with one attached hydrogen (secondary N) is 1. The fraction of sp³-hybridized carbons (Fsp3) is 0.312. The van der Waals surface area contributed by atoms with E-state index in [-0.39, 0.29) is 11.6 Å². The normalized spacial score (nSPS) is 10.5. The lowest BCUT2D eigenvalue weighted by Gasteiger charge is -2.20. The molecule has 0 spiro atoms. The summed E-state index contributed by atoms with van der Waals surface area (Å²) in [7, 11) is 1.71. The minimum Gasteiger partial charge on any atom is -0.368 e. The Kier molecular flexibility index (Phi) is 4.73. The monoisotopic (exact) mass is 291 g/mol. The second-order valence-corrected chi connectivity index (χ2v) is 4.95. The Bertz CT molecular complexity index is 629. The molecule has 0 aliphatic heterocycles. The van der Waals surface area contributed by atoms with Gasteiger partial charge in [-0.3, -0.25) is 0 Å². The molecule has 1 N–H and O–H groups in total. The molecule has 0 saturated carbocycles. The van der Waals surface area contributed by atoms with E-state index >= 15 is 0 Å². The molecule has 0 aliphatic carbocycles. The first-order valence-corrected chi connectivity index (χ1v) is 6.93. The van der Waals surface area contributed by atoms with Crippen molar-refractivity contribution in [1.29, 1.82) is 0 Å². The molecule has 2 aromatic rings. The van der Waals surface area contributed by atoms with E-state index in [0.29, 0.717) is 6.54 Å². The summed E-state index contributed by atoms with van der Waals surface area (Å²) in [5.74, 6) is -1.19. The van der Waals surface area contributed by atoms with Crippen LogP contribution in [0.15, 0.2) is 30.3 Å². The van der Waals surface area contributed by atoms with Crippen LogP contribution in [0.25, 0.3) is 0 Å². The van der Waals surface area contributed by atoms with E-state index < -0.39 is 11.6 Å². The molecular formula is C16H19F2N3. The lowest BCUT2D eigenvalue weighted by molar-refractivity contribution is 0.576. The third-order valence-electron chi connectivity index (χ3n) is 3.16. The smallest absolute Gasteiger partial charge is 0.171 e. The zero-order chi connectivity index (χ0) is 15.4. The summed E-state index contributed by atoms with van der Waals surface area (Å²) in [6, 6.07) is 8.49. The summed E-state index contributed by atoms with van der Waals surface area (Å²) < 4.78 is 27.7. The number of halogens is 2. The van der Waals surface area contributed by atoms with Crippen molar-refractivity contribution in [2.45, 2.75) is 20.3 Å². The van der Waals surface area contributed by atoms with Crippen molar-refractivity contribution in [2.75, 3.05) is 23.8 Å². The van der Waals surface area contributed by atoms with Crippen LogP contribution >= 0.6 is 0 Å². The molecule has 3 nitrogen and oxygen atoms in total. The van der Waals surface area contributed by atoms with Crippen LogP contribution in [0.3, 0.4) is 0 Å². The number of hydrogen-bond acceptors (Lipinski definition) is 3. The number of rotatable bonds is 5. The highest BCUT2D eigenvalue weighted by Crippen LogP contribution is 2.27. The zero-order valence-electron chi connectivity index (χ0n) is 12.5. The van der Waals surface area contributed by atoms with E-state index in [2.05, 4.69) is 10.3 Å². The molecule has 1 aromatic carbocycles. The Morgan fingerprint density at radius 2 is 1.95 bits per heavy atom. The Hall–Kier alpha value is -2.17. The van der Waals surface area contributed by atoms with Crippen molar-refractivity contribution in [3.05, 3.63) is 47.5 Å². The maximum absolute atomic E-state index is 14.0. The number of hydrogen-bond donors (Lipinski definition) is 1. The van der Waals surface area contributed by atoms with Crippen molar-refractivity contribution in [2.24, 2.45) is 0 Å². The van der Waals surface area contributed by atoms with Crippen LogP contribution in [-0.4, -0.2) is 18.6 Å². The Balaban J connectivity index is 2.38. The first kappa shape index (κ1) is 15.2. The minimum atomic E-state index is -0.682. The van der Waals surface area contributed by atoms with E-state index in [0.717, 1.165) is 23.7 Å². The van der Waals surface area contributed by atoms with Crippen molar-refractivity contribution in [1.82, 2.24) is 4.98 Å². The lowest BCUT2D eigenvalue weighted by atomic mass is 10.2. The van der Waals surface area contributed by atoms with Crippen LogP contribution in [0, 0.1) is 18.6 Å². The summed E-state index contributed by atoms with van der Waals surface area (Å²) in [5, 5.41) is 2.87. The predicted molar refractivity (Wildman–Crippen MR) is 82.2 cm³/mol. The van der Waals surface area contributed by atoms with Crippen LogP contribution < -0.4 is 10.2 Å². The number of anilines is 3. The first-order chi connectivity index (χ1) is 10.0. The van der Waals surface area contributed by atoms with Crippen LogP contribution in [0.2, 0.25) is 0 Å². The number of nitrogens with zero attached hydrogens (tertiary/aromatic N) is 2. The molecule has 2 rings (SSSR count). The maximum Gasteiger partial charge on any atom is 0.171 e. The number of pyridine rings is 1. The number of benzene rings is 1. The average molecular weight is 291 g/mol. The van der Waals surface area contributed by atoms with Gasteiger partial charge in [-0.05, 0) is 31.0 Å². The first-order valence-electron chi connectivity index (χ1n) is 6.93. The molecule has 0 radical (unpaired) electrons. The summed E-state index contributed by atoms with van der Waals surface area (Å²) in [5.41, 5.74) is 1.86. The molecular weight excluding hydrogens is 272 g/mol. The molecule has 0 bridgehead atoms. The van der Waals surface area contributed by atoms with Gasteiger partial charge in [0.15, 0.2) is 23.3 Å². The predicted octanol–water partition coefficient (Wildman–Crippen LogP) is 4.26. The van der Waals surface area contributed by atoms with Gasteiger partial charge in [0.25, 0.3) is 0 Å². The van der Waals surface area contributed by atoms with Crippen LogP contribution in [0.4, 0.5) is 26.1 Å². The van der Waals surface area contributed by atoms with Gasteiger partial charge in [-0.15, -0.1) is 0 Å². The second kappa shape index (κ2) is 6.52. The third kappa shape index (κ3) is 3.48. The van der Waals surface area contributed by atoms with Crippen molar-refractivity contribution in [3.63, 3.8) is 0 Å². The summed E-state index contributed by atoms with van der Waals surface area (Å²) in [4.78, 5) is 5.69. The Labute approximate surface area is 123 Å². The average Bonchev–Trinajstić information content (AvgIpc) is 2.46. The lowest BCUT2D eigenvalue weighted by Crippen LogP contribution is -2.15. The number of aromatic nitrogens is 1. The van der Waals surface area contributed by atoms with Crippen molar-refractivity contribution in [3.8, 4) is 0 Å². The van der Waals surface area contributed by atoms with E-state index in [1.807, 2.05) is 38.1 Å². The third-order valence-corrected chi connectivity index (χ3v) is 3.16. The number of aryl methyl sites for hydroxylation is 1. The summed E-state index contributed by atoms with van der Waals surface area (Å²) in [6.07, 6.45) is 0.835. The van der Waals surface area contributed by atoms with Gasteiger partial charge in [0.2, 0.25) is 0 Å². The van der Waals surface area contributed by atoms with Gasteiger partial charge in [0.05, 0.1) is 0 Å². The Morgan fingerprint density at radius 1 is 1.19 bits per heavy atom. The fourth-order valence-corrected chi connectivity index (χ4v) is 2.02. The van der Waals surface area contributed by atoms with E-state index in [1.165, 1.54) is 0 Å². The van der Waals surface area contributed by atoms with Gasteiger partial charge in [0.1, 0.15) is 0 Å². The van der Waals surface area contributed by atoms with Crippen LogP contribution in [-0.2, 0) is 0 Å². The Morgan fingerprint density at radius 3 is 2.62 bits per heavy atom. The molecule has 0 unspecified atom stereocenters. The fourth-order valence-electron chi connectivity index (χ4n) is 2.02.